The molecule has 7 heteroatoms. The molecule has 2 aromatic rings. The molecule has 0 aliphatic rings. The number of nitrogens with zero attached hydrogens (tertiary/aromatic N) is 2. The van der Waals surface area contributed by atoms with E-state index in [1.165, 1.54) is 0 Å². The first kappa shape index (κ1) is 11.5. The van der Waals surface area contributed by atoms with Gasteiger partial charge in [-0.1, -0.05) is 11.6 Å². The maximum atomic E-state index is 13.4. The summed E-state index contributed by atoms with van der Waals surface area (Å²) in [7, 11) is 0. The number of carboxylic acid groups (broad SMARTS) is 1. The van der Waals surface area contributed by atoms with E-state index < -0.39 is 17.6 Å². The van der Waals surface area contributed by atoms with E-state index in [2.05, 4.69) is 5.10 Å². The molecule has 0 aliphatic carbocycles. The molecule has 0 spiro atoms. The van der Waals surface area contributed by atoms with Gasteiger partial charge in [-0.2, -0.15) is 5.10 Å². The van der Waals surface area contributed by atoms with Gasteiger partial charge in [-0.05, 0) is 12.1 Å². The molecular formula is C10H5ClF2N2O2. The fourth-order valence-corrected chi connectivity index (χ4v) is 1.56. The highest BCUT2D eigenvalue weighted by molar-refractivity contribution is 6.32. The van der Waals surface area contributed by atoms with Crippen molar-refractivity contribution in [3.8, 4) is 5.69 Å². The second kappa shape index (κ2) is 4.14. The van der Waals surface area contributed by atoms with E-state index in [0.717, 1.165) is 23.0 Å². The molecule has 1 aromatic carbocycles. The van der Waals surface area contributed by atoms with Crippen LogP contribution in [-0.4, -0.2) is 20.9 Å². The van der Waals surface area contributed by atoms with Crippen LogP contribution >= 0.6 is 11.6 Å². The van der Waals surface area contributed by atoms with Crippen LogP contribution in [0.2, 0.25) is 5.15 Å². The Balaban J connectivity index is 2.57. The second-order valence-corrected chi connectivity index (χ2v) is 3.52. The fourth-order valence-electron chi connectivity index (χ4n) is 1.30. The summed E-state index contributed by atoms with van der Waals surface area (Å²) in [6.45, 7) is 0. The lowest BCUT2D eigenvalue weighted by Crippen LogP contribution is -2.01. The molecule has 17 heavy (non-hydrogen) atoms. The van der Waals surface area contributed by atoms with Gasteiger partial charge in [0.2, 0.25) is 0 Å². The lowest BCUT2D eigenvalue weighted by atomic mass is 10.3. The normalized spacial score (nSPS) is 10.5. The average molecular weight is 259 g/mol. The zero-order valence-corrected chi connectivity index (χ0v) is 8.95. The van der Waals surface area contributed by atoms with Crippen molar-refractivity contribution in [3.63, 3.8) is 0 Å². The summed E-state index contributed by atoms with van der Waals surface area (Å²) in [5.41, 5.74) is -0.376. The first-order valence-corrected chi connectivity index (χ1v) is 4.80. The Hall–Kier alpha value is -1.95. The van der Waals surface area contributed by atoms with Crippen molar-refractivity contribution < 1.29 is 18.7 Å². The highest BCUT2D eigenvalue weighted by atomic mass is 35.5. The third-order valence-corrected chi connectivity index (χ3v) is 2.44. The third-order valence-electron chi connectivity index (χ3n) is 2.08. The molecule has 4 nitrogen and oxygen atoms in total. The number of aromatic nitrogens is 2. The maximum absolute atomic E-state index is 13.4. The lowest BCUT2D eigenvalue weighted by Gasteiger charge is -2.04. The molecule has 0 fully saturated rings. The summed E-state index contributed by atoms with van der Waals surface area (Å²) in [5.74, 6) is -2.90. The number of rotatable bonds is 2. The van der Waals surface area contributed by atoms with Crippen LogP contribution in [0.4, 0.5) is 8.78 Å². The summed E-state index contributed by atoms with van der Waals surface area (Å²) in [5, 5.41) is 12.1. The SMILES string of the molecule is O=C(O)c1cnn(-c2ccc(F)cc2F)c1Cl. The van der Waals surface area contributed by atoms with Gasteiger partial charge >= 0.3 is 5.97 Å². The van der Waals surface area contributed by atoms with Gasteiger partial charge in [-0.3, -0.25) is 0 Å². The highest BCUT2D eigenvalue weighted by Gasteiger charge is 2.17. The van der Waals surface area contributed by atoms with Crippen LogP contribution < -0.4 is 0 Å². The second-order valence-electron chi connectivity index (χ2n) is 3.16. The van der Waals surface area contributed by atoms with Gasteiger partial charge in [-0.15, -0.1) is 0 Å². The lowest BCUT2D eigenvalue weighted by molar-refractivity contribution is 0.0697. The average Bonchev–Trinajstić information content (AvgIpc) is 2.60. The minimum absolute atomic E-state index is 0.121. The predicted molar refractivity (Wildman–Crippen MR) is 55.4 cm³/mol. The number of halogens is 3. The molecule has 1 aromatic heterocycles. The number of aromatic carboxylic acids is 1. The molecule has 0 saturated heterocycles. The number of hydrogen-bond donors (Lipinski definition) is 1. The summed E-state index contributed by atoms with van der Waals surface area (Å²) in [4.78, 5) is 10.7. The van der Waals surface area contributed by atoms with Crippen molar-refractivity contribution in [2.24, 2.45) is 0 Å². The Morgan fingerprint density at radius 1 is 1.41 bits per heavy atom. The van der Waals surface area contributed by atoms with E-state index in [0.29, 0.717) is 6.07 Å². The molecule has 0 atom stereocenters. The van der Waals surface area contributed by atoms with Crippen molar-refractivity contribution in [2.45, 2.75) is 0 Å². The summed E-state index contributed by atoms with van der Waals surface area (Å²) in [6.07, 6.45) is 0.994. The van der Waals surface area contributed by atoms with Gasteiger partial charge in [0.25, 0.3) is 0 Å². The van der Waals surface area contributed by atoms with Crippen LogP contribution in [0.1, 0.15) is 10.4 Å². The van der Waals surface area contributed by atoms with Crippen molar-refractivity contribution >= 4 is 17.6 Å². The van der Waals surface area contributed by atoms with E-state index >= 15 is 0 Å². The first-order valence-electron chi connectivity index (χ1n) is 4.43. The maximum Gasteiger partial charge on any atom is 0.340 e. The Labute approximate surface area is 99.1 Å². The van der Waals surface area contributed by atoms with Crippen molar-refractivity contribution in [1.82, 2.24) is 9.78 Å². The Morgan fingerprint density at radius 2 is 2.12 bits per heavy atom. The van der Waals surface area contributed by atoms with Gasteiger partial charge < -0.3 is 5.11 Å². The zero-order valence-electron chi connectivity index (χ0n) is 8.19. The van der Waals surface area contributed by atoms with E-state index in [4.69, 9.17) is 16.7 Å². The van der Waals surface area contributed by atoms with Gasteiger partial charge in [0.15, 0.2) is 5.82 Å². The zero-order chi connectivity index (χ0) is 12.6. The number of hydrogen-bond acceptors (Lipinski definition) is 2. The minimum atomic E-state index is -1.27. The number of carbonyl (C=O) groups is 1. The number of benzene rings is 1. The first-order chi connectivity index (χ1) is 8.00. The van der Waals surface area contributed by atoms with Crippen LogP contribution in [0.25, 0.3) is 5.69 Å². The van der Waals surface area contributed by atoms with E-state index in [1.54, 1.807) is 0 Å². The van der Waals surface area contributed by atoms with Crippen LogP contribution in [0.5, 0.6) is 0 Å². The smallest absolute Gasteiger partial charge is 0.340 e. The monoisotopic (exact) mass is 258 g/mol. The largest absolute Gasteiger partial charge is 0.478 e. The molecule has 0 amide bonds. The molecule has 0 bridgehead atoms. The van der Waals surface area contributed by atoms with Crippen LogP contribution in [0, 0.1) is 11.6 Å². The topological polar surface area (TPSA) is 55.1 Å². The summed E-state index contributed by atoms with van der Waals surface area (Å²) in [6, 6.07) is 2.81. The molecule has 88 valence electrons. The number of carboxylic acids is 1. The standard InChI is InChI=1S/C10H5ClF2N2O2/c11-9-6(10(16)17)4-14-15(9)8-2-1-5(12)3-7(8)13/h1-4H,(H,16,17). The Bertz CT molecular complexity index is 598. The molecule has 1 N–H and O–H groups in total. The quantitative estimate of drug-likeness (QED) is 0.900. The van der Waals surface area contributed by atoms with Crippen molar-refractivity contribution in [3.05, 3.63) is 46.7 Å². The summed E-state index contributed by atoms with van der Waals surface area (Å²) >= 11 is 5.72. The van der Waals surface area contributed by atoms with E-state index in [9.17, 15) is 13.6 Å². The van der Waals surface area contributed by atoms with Crippen molar-refractivity contribution in [1.29, 1.82) is 0 Å². The van der Waals surface area contributed by atoms with Gasteiger partial charge in [0.1, 0.15) is 22.2 Å². The Morgan fingerprint density at radius 3 is 2.65 bits per heavy atom. The van der Waals surface area contributed by atoms with Crippen LogP contribution in [0.15, 0.2) is 24.4 Å². The molecule has 0 unspecified atom stereocenters. The third kappa shape index (κ3) is 1.99. The predicted octanol–water partition coefficient (Wildman–Crippen LogP) is 2.50. The van der Waals surface area contributed by atoms with Gasteiger partial charge in [0, 0.05) is 6.07 Å². The van der Waals surface area contributed by atoms with Crippen LogP contribution in [0.3, 0.4) is 0 Å². The molecule has 0 aliphatic heterocycles. The Kier molecular flexibility index (Phi) is 2.81. The van der Waals surface area contributed by atoms with E-state index in [1.807, 2.05) is 0 Å². The molecule has 1 heterocycles. The molecule has 0 saturated carbocycles. The fraction of sp³-hybridized carbons (Fsp3) is 0. The van der Waals surface area contributed by atoms with Crippen molar-refractivity contribution in [2.75, 3.05) is 0 Å². The molecule has 2 rings (SSSR count). The van der Waals surface area contributed by atoms with Gasteiger partial charge in [-0.25, -0.2) is 18.3 Å². The highest BCUT2D eigenvalue weighted by Crippen LogP contribution is 2.22. The van der Waals surface area contributed by atoms with Crippen LogP contribution in [-0.2, 0) is 0 Å². The molecular weight excluding hydrogens is 254 g/mol. The molecule has 0 radical (unpaired) electrons. The summed E-state index contributed by atoms with van der Waals surface area (Å²) < 4.78 is 27.0. The minimum Gasteiger partial charge on any atom is -0.478 e. The van der Waals surface area contributed by atoms with Gasteiger partial charge in [0.05, 0.1) is 6.20 Å². The van der Waals surface area contributed by atoms with E-state index in [-0.39, 0.29) is 16.4 Å².